The molecule has 1 amide bonds. The monoisotopic (exact) mass is 266 g/mol. The van der Waals surface area contributed by atoms with E-state index >= 15 is 0 Å². The molecular weight excluding hydrogens is 244 g/mol. The van der Waals surface area contributed by atoms with Crippen LogP contribution in [0.4, 0.5) is 0 Å². The highest BCUT2D eigenvalue weighted by atomic mass is 16.5. The number of carbonyl (C=O) groups is 1. The SMILES string of the molecule is COCC1CCN(C(=O)c2n[nH]c(C(C)C)n2)CC1. The average molecular weight is 266 g/mol. The largest absolute Gasteiger partial charge is 0.384 e. The molecule has 0 atom stereocenters. The van der Waals surface area contributed by atoms with Crippen molar-refractivity contribution >= 4 is 5.91 Å². The van der Waals surface area contributed by atoms with Gasteiger partial charge in [0.2, 0.25) is 5.82 Å². The fraction of sp³-hybridized carbons (Fsp3) is 0.769. The number of piperidine rings is 1. The van der Waals surface area contributed by atoms with E-state index < -0.39 is 0 Å². The zero-order valence-electron chi connectivity index (χ0n) is 11.8. The molecule has 2 rings (SSSR count). The fourth-order valence-electron chi connectivity index (χ4n) is 2.31. The van der Waals surface area contributed by atoms with Crippen molar-refractivity contribution < 1.29 is 9.53 Å². The van der Waals surface area contributed by atoms with Crippen molar-refractivity contribution in [3.05, 3.63) is 11.6 Å². The van der Waals surface area contributed by atoms with Crippen LogP contribution in [0, 0.1) is 5.92 Å². The summed E-state index contributed by atoms with van der Waals surface area (Å²) in [5.41, 5.74) is 0. The molecule has 0 aliphatic carbocycles. The van der Waals surface area contributed by atoms with Gasteiger partial charge in [-0.2, -0.15) is 0 Å². The Morgan fingerprint density at radius 1 is 1.47 bits per heavy atom. The quantitative estimate of drug-likeness (QED) is 0.895. The molecule has 0 bridgehead atoms. The smallest absolute Gasteiger partial charge is 0.293 e. The summed E-state index contributed by atoms with van der Waals surface area (Å²) in [5, 5.41) is 6.84. The first-order chi connectivity index (χ1) is 9.11. The Morgan fingerprint density at radius 2 is 2.16 bits per heavy atom. The average Bonchev–Trinajstić information content (AvgIpc) is 2.89. The normalized spacial score (nSPS) is 17.2. The summed E-state index contributed by atoms with van der Waals surface area (Å²) in [6.45, 7) is 6.34. The molecule has 1 aromatic rings. The summed E-state index contributed by atoms with van der Waals surface area (Å²) in [6.07, 6.45) is 1.97. The van der Waals surface area contributed by atoms with Gasteiger partial charge >= 0.3 is 0 Å². The first-order valence-corrected chi connectivity index (χ1v) is 6.82. The van der Waals surface area contributed by atoms with E-state index in [1.54, 1.807) is 7.11 Å². The maximum absolute atomic E-state index is 12.2. The Balaban J connectivity index is 1.93. The van der Waals surface area contributed by atoms with Crippen LogP contribution < -0.4 is 0 Å². The number of hydrogen-bond acceptors (Lipinski definition) is 4. The van der Waals surface area contributed by atoms with Gasteiger partial charge < -0.3 is 9.64 Å². The van der Waals surface area contributed by atoms with Gasteiger partial charge in [-0.3, -0.25) is 9.89 Å². The highest BCUT2D eigenvalue weighted by molar-refractivity contribution is 5.90. The second-order valence-corrected chi connectivity index (χ2v) is 5.39. The Bertz CT molecular complexity index is 422. The molecule has 2 heterocycles. The number of aromatic nitrogens is 3. The number of methoxy groups -OCH3 is 1. The zero-order chi connectivity index (χ0) is 13.8. The van der Waals surface area contributed by atoms with Gasteiger partial charge in [0.15, 0.2) is 0 Å². The maximum Gasteiger partial charge on any atom is 0.293 e. The summed E-state index contributed by atoms with van der Waals surface area (Å²) in [5.74, 6) is 1.79. The summed E-state index contributed by atoms with van der Waals surface area (Å²) in [7, 11) is 1.72. The van der Waals surface area contributed by atoms with Gasteiger partial charge in [0.1, 0.15) is 5.82 Å². The molecule has 19 heavy (non-hydrogen) atoms. The minimum absolute atomic E-state index is 0.0704. The van der Waals surface area contributed by atoms with Gasteiger partial charge in [0.25, 0.3) is 5.91 Å². The number of amides is 1. The van der Waals surface area contributed by atoms with Crippen LogP contribution in [-0.2, 0) is 4.74 Å². The van der Waals surface area contributed by atoms with Gasteiger partial charge in [-0.15, -0.1) is 5.10 Å². The van der Waals surface area contributed by atoms with E-state index in [4.69, 9.17) is 4.74 Å². The molecule has 0 unspecified atom stereocenters. The number of nitrogens with zero attached hydrogens (tertiary/aromatic N) is 3. The summed E-state index contributed by atoms with van der Waals surface area (Å²) in [6, 6.07) is 0. The van der Waals surface area contributed by atoms with Crippen LogP contribution in [0.3, 0.4) is 0 Å². The van der Waals surface area contributed by atoms with Gasteiger partial charge in [-0.25, -0.2) is 4.98 Å². The first kappa shape index (κ1) is 14.0. The summed E-state index contributed by atoms with van der Waals surface area (Å²) < 4.78 is 5.16. The molecule has 1 aliphatic rings. The van der Waals surface area contributed by atoms with Crippen molar-refractivity contribution in [3.63, 3.8) is 0 Å². The molecule has 1 N–H and O–H groups in total. The van der Waals surface area contributed by atoms with E-state index in [1.807, 2.05) is 18.7 Å². The lowest BCUT2D eigenvalue weighted by Gasteiger charge is -2.30. The van der Waals surface area contributed by atoms with Crippen molar-refractivity contribution in [3.8, 4) is 0 Å². The van der Waals surface area contributed by atoms with Crippen LogP contribution in [0.25, 0.3) is 0 Å². The number of rotatable bonds is 4. The third kappa shape index (κ3) is 3.32. The van der Waals surface area contributed by atoms with Crippen LogP contribution >= 0.6 is 0 Å². The number of nitrogens with one attached hydrogen (secondary N) is 1. The maximum atomic E-state index is 12.2. The van der Waals surface area contributed by atoms with Gasteiger partial charge in [0.05, 0.1) is 0 Å². The van der Waals surface area contributed by atoms with Crippen LogP contribution in [0.15, 0.2) is 0 Å². The lowest BCUT2D eigenvalue weighted by atomic mass is 9.98. The number of likely N-dealkylation sites (tertiary alicyclic amines) is 1. The van der Waals surface area contributed by atoms with Crippen molar-refractivity contribution in [2.24, 2.45) is 5.92 Å². The van der Waals surface area contributed by atoms with E-state index in [9.17, 15) is 4.79 Å². The molecule has 1 aromatic heterocycles. The molecule has 1 fully saturated rings. The first-order valence-electron chi connectivity index (χ1n) is 6.82. The third-order valence-corrected chi connectivity index (χ3v) is 3.54. The standard InChI is InChI=1S/C13H22N4O2/c1-9(2)11-14-12(16-15-11)13(18)17-6-4-10(5-7-17)8-19-3/h9-10H,4-8H2,1-3H3,(H,14,15,16). The number of ether oxygens (including phenoxy) is 1. The predicted octanol–water partition coefficient (Wildman–Crippen LogP) is 1.43. The van der Waals surface area contributed by atoms with Crippen LogP contribution in [0.5, 0.6) is 0 Å². The molecular formula is C13H22N4O2. The van der Waals surface area contributed by atoms with Gasteiger partial charge in [-0.05, 0) is 18.8 Å². The molecule has 0 spiro atoms. The fourth-order valence-corrected chi connectivity index (χ4v) is 2.31. The second kappa shape index (κ2) is 6.14. The van der Waals surface area contributed by atoms with E-state index in [2.05, 4.69) is 15.2 Å². The molecule has 1 aliphatic heterocycles. The van der Waals surface area contributed by atoms with E-state index in [0.717, 1.165) is 38.4 Å². The van der Waals surface area contributed by atoms with E-state index in [0.29, 0.717) is 5.92 Å². The van der Waals surface area contributed by atoms with Crippen LogP contribution in [0.1, 0.15) is 49.1 Å². The zero-order valence-corrected chi connectivity index (χ0v) is 11.8. The molecule has 6 heteroatoms. The highest BCUT2D eigenvalue weighted by Gasteiger charge is 2.26. The Labute approximate surface area is 113 Å². The lowest BCUT2D eigenvalue weighted by molar-refractivity contribution is 0.0603. The molecule has 0 saturated carbocycles. The molecule has 106 valence electrons. The molecule has 6 nitrogen and oxygen atoms in total. The van der Waals surface area contributed by atoms with Gasteiger partial charge in [0, 0.05) is 32.7 Å². The number of hydrogen-bond donors (Lipinski definition) is 1. The lowest BCUT2D eigenvalue weighted by Crippen LogP contribution is -2.39. The van der Waals surface area contributed by atoms with Crippen LogP contribution in [0.2, 0.25) is 0 Å². The topological polar surface area (TPSA) is 71.1 Å². The predicted molar refractivity (Wildman–Crippen MR) is 71.0 cm³/mol. The molecule has 0 radical (unpaired) electrons. The minimum Gasteiger partial charge on any atom is -0.384 e. The Morgan fingerprint density at radius 3 is 2.68 bits per heavy atom. The van der Waals surface area contributed by atoms with Gasteiger partial charge in [-0.1, -0.05) is 13.8 Å². The van der Waals surface area contributed by atoms with E-state index in [1.165, 1.54) is 0 Å². The van der Waals surface area contributed by atoms with Crippen molar-refractivity contribution in [1.82, 2.24) is 20.1 Å². The molecule has 1 saturated heterocycles. The van der Waals surface area contributed by atoms with Crippen molar-refractivity contribution in [2.45, 2.75) is 32.6 Å². The Kier molecular flexibility index (Phi) is 4.52. The van der Waals surface area contributed by atoms with E-state index in [-0.39, 0.29) is 17.6 Å². The van der Waals surface area contributed by atoms with Crippen LogP contribution in [-0.4, -0.2) is 52.8 Å². The number of H-pyrrole nitrogens is 1. The number of carbonyl (C=O) groups excluding carboxylic acids is 1. The molecule has 0 aromatic carbocycles. The highest BCUT2D eigenvalue weighted by Crippen LogP contribution is 2.18. The third-order valence-electron chi connectivity index (χ3n) is 3.54. The summed E-state index contributed by atoms with van der Waals surface area (Å²) in [4.78, 5) is 18.3. The summed E-state index contributed by atoms with van der Waals surface area (Å²) >= 11 is 0. The van der Waals surface area contributed by atoms with Crippen molar-refractivity contribution in [2.75, 3.05) is 26.8 Å². The van der Waals surface area contributed by atoms with Crippen molar-refractivity contribution in [1.29, 1.82) is 0 Å². The minimum atomic E-state index is -0.0704. The number of aromatic amines is 1. The Hall–Kier alpha value is -1.43. The second-order valence-electron chi connectivity index (χ2n) is 5.39.